The molecule has 1 aromatic carbocycles. The molecule has 9 heteroatoms. The first kappa shape index (κ1) is 18.3. The summed E-state index contributed by atoms with van der Waals surface area (Å²) in [6, 6.07) is 2.97. The molecular weight excluding hydrogens is 337 g/mol. The van der Waals surface area contributed by atoms with E-state index in [1.807, 2.05) is 0 Å². The molecule has 1 aliphatic heterocycles. The van der Waals surface area contributed by atoms with Crippen molar-refractivity contribution in [1.82, 2.24) is 5.32 Å². The number of nitro benzene ring substituents is 1. The van der Waals surface area contributed by atoms with Gasteiger partial charge in [-0.1, -0.05) is 13.8 Å². The third-order valence-corrected chi connectivity index (χ3v) is 7.80. The second-order valence-corrected chi connectivity index (χ2v) is 9.14. The Hall–Kier alpha value is -2.03. The number of benzene rings is 1. The minimum absolute atomic E-state index is 0.143. The van der Waals surface area contributed by atoms with E-state index in [-0.39, 0.29) is 23.0 Å². The van der Waals surface area contributed by atoms with Gasteiger partial charge in [-0.05, 0) is 25.8 Å². The maximum absolute atomic E-state index is 14.3. The van der Waals surface area contributed by atoms with E-state index in [1.165, 1.54) is 13.8 Å². The molecule has 1 fully saturated rings. The third-order valence-electron chi connectivity index (χ3n) is 4.88. The van der Waals surface area contributed by atoms with E-state index in [0.717, 1.165) is 18.2 Å². The molecule has 1 aromatic rings. The fourth-order valence-corrected chi connectivity index (χ4v) is 5.33. The molecule has 0 aliphatic carbocycles. The van der Waals surface area contributed by atoms with Crippen molar-refractivity contribution < 1.29 is 17.7 Å². The first-order valence-corrected chi connectivity index (χ1v) is 9.04. The monoisotopic (exact) mass is 357 g/mol. The lowest BCUT2D eigenvalue weighted by atomic mass is 9.88. The van der Waals surface area contributed by atoms with Gasteiger partial charge in [0.1, 0.15) is 16.4 Å². The van der Waals surface area contributed by atoms with Gasteiger partial charge >= 0.3 is 0 Å². The molecule has 0 bridgehead atoms. The van der Waals surface area contributed by atoms with Crippen molar-refractivity contribution >= 4 is 21.4 Å². The topological polar surface area (TPSA) is 113 Å². The van der Waals surface area contributed by atoms with Gasteiger partial charge in [-0.25, -0.2) is 12.8 Å². The van der Waals surface area contributed by atoms with Crippen molar-refractivity contribution in [3.8, 4) is 0 Å². The van der Waals surface area contributed by atoms with E-state index in [2.05, 4.69) is 5.32 Å². The number of sulfone groups is 1. The molecule has 24 heavy (non-hydrogen) atoms. The lowest BCUT2D eigenvalue weighted by Crippen LogP contribution is -2.66. The minimum atomic E-state index is -3.80. The van der Waals surface area contributed by atoms with Crippen LogP contribution in [0.15, 0.2) is 18.2 Å². The molecule has 0 saturated carbocycles. The normalized spacial score (nSPS) is 29.3. The highest BCUT2D eigenvalue weighted by Gasteiger charge is 2.55. The number of hydrogen-bond acceptors (Lipinski definition) is 5. The summed E-state index contributed by atoms with van der Waals surface area (Å²) < 4.78 is 38.5. The molecule has 0 unspecified atom stereocenters. The van der Waals surface area contributed by atoms with E-state index in [0.29, 0.717) is 0 Å². The Kier molecular flexibility index (Phi) is 4.20. The highest BCUT2D eigenvalue weighted by molar-refractivity contribution is 7.93. The standard InChI is InChI=1S/C15H20FN3O4S/c1-9(2)15(4)13(17)18-14(3,8-24(15,22)23)11-7-10(19(20)21)5-6-12(11)16/h5-7,9H,8H2,1-4H3,(H2,17,18)/t14-,15+/m0/s1. The van der Waals surface area contributed by atoms with Gasteiger partial charge < -0.3 is 5.32 Å². The smallest absolute Gasteiger partial charge is 0.269 e. The molecule has 0 aromatic heterocycles. The van der Waals surface area contributed by atoms with Gasteiger partial charge in [0.15, 0.2) is 9.84 Å². The molecule has 2 N–H and O–H groups in total. The van der Waals surface area contributed by atoms with Crippen LogP contribution < -0.4 is 5.32 Å². The van der Waals surface area contributed by atoms with Crippen LogP contribution in [-0.2, 0) is 15.4 Å². The summed E-state index contributed by atoms with van der Waals surface area (Å²) in [5.41, 5.74) is -1.94. The average molecular weight is 357 g/mol. The maximum Gasteiger partial charge on any atom is 0.269 e. The zero-order chi connectivity index (χ0) is 18.5. The highest BCUT2D eigenvalue weighted by atomic mass is 32.2. The van der Waals surface area contributed by atoms with E-state index in [1.54, 1.807) is 13.8 Å². The summed E-state index contributed by atoms with van der Waals surface area (Å²) >= 11 is 0. The molecule has 7 nitrogen and oxygen atoms in total. The predicted molar refractivity (Wildman–Crippen MR) is 88.3 cm³/mol. The maximum atomic E-state index is 14.3. The molecule has 132 valence electrons. The van der Waals surface area contributed by atoms with Crippen LogP contribution in [0.2, 0.25) is 0 Å². The van der Waals surface area contributed by atoms with Crippen molar-refractivity contribution in [3.63, 3.8) is 0 Å². The van der Waals surface area contributed by atoms with Crippen LogP contribution in [0.5, 0.6) is 0 Å². The van der Waals surface area contributed by atoms with Gasteiger partial charge in [0, 0.05) is 17.7 Å². The largest absolute Gasteiger partial charge is 0.362 e. The summed E-state index contributed by atoms with van der Waals surface area (Å²) in [4.78, 5) is 10.3. The Bertz CT molecular complexity index is 824. The Balaban J connectivity index is 2.60. The summed E-state index contributed by atoms with van der Waals surface area (Å²) in [6.45, 7) is 6.29. The molecule has 2 atom stereocenters. The molecule has 0 amide bonds. The second-order valence-electron chi connectivity index (χ2n) is 6.77. The Morgan fingerprint density at radius 3 is 2.42 bits per heavy atom. The van der Waals surface area contributed by atoms with Crippen molar-refractivity contribution in [2.45, 2.75) is 38.0 Å². The van der Waals surface area contributed by atoms with Crippen molar-refractivity contribution in [2.75, 3.05) is 5.75 Å². The van der Waals surface area contributed by atoms with Crippen LogP contribution in [0.25, 0.3) is 0 Å². The zero-order valence-corrected chi connectivity index (χ0v) is 14.7. The lowest BCUT2D eigenvalue weighted by Gasteiger charge is -2.46. The molecular formula is C15H20FN3O4S. The number of nitro groups is 1. The van der Waals surface area contributed by atoms with Gasteiger partial charge in [0.25, 0.3) is 5.69 Å². The summed E-state index contributed by atoms with van der Waals surface area (Å²) in [6.07, 6.45) is 0. The Morgan fingerprint density at radius 1 is 1.38 bits per heavy atom. The summed E-state index contributed by atoms with van der Waals surface area (Å²) in [7, 11) is -3.80. The van der Waals surface area contributed by atoms with Crippen LogP contribution in [0.3, 0.4) is 0 Å². The van der Waals surface area contributed by atoms with Gasteiger partial charge in [-0.2, -0.15) is 0 Å². The fraction of sp³-hybridized carbons (Fsp3) is 0.533. The summed E-state index contributed by atoms with van der Waals surface area (Å²) in [5, 5.41) is 21.9. The fourth-order valence-electron chi connectivity index (χ4n) is 2.96. The van der Waals surface area contributed by atoms with E-state index in [4.69, 9.17) is 5.41 Å². The van der Waals surface area contributed by atoms with E-state index in [9.17, 15) is 22.9 Å². The van der Waals surface area contributed by atoms with Crippen LogP contribution in [0.1, 0.15) is 33.3 Å². The molecule has 0 spiro atoms. The lowest BCUT2D eigenvalue weighted by molar-refractivity contribution is -0.385. The van der Waals surface area contributed by atoms with Crippen LogP contribution in [0.4, 0.5) is 10.1 Å². The van der Waals surface area contributed by atoms with Gasteiger partial charge in [-0.15, -0.1) is 0 Å². The Morgan fingerprint density at radius 2 is 1.96 bits per heavy atom. The minimum Gasteiger partial charge on any atom is -0.362 e. The number of non-ortho nitro benzene ring substituents is 1. The second kappa shape index (κ2) is 5.51. The van der Waals surface area contributed by atoms with Gasteiger partial charge in [0.2, 0.25) is 0 Å². The first-order chi connectivity index (χ1) is 10.8. The molecule has 1 saturated heterocycles. The SMILES string of the molecule is CC(C)[C@]1(C)C(=N)N[C@](C)(c2cc([N+](=O)[O-])ccc2F)CS1(=O)=O. The van der Waals surface area contributed by atoms with Crippen LogP contribution in [0, 0.1) is 27.3 Å². The number of nitrogens with zero attached hydrogens (tertiary/aromatic N) is 1. The third kappa shape index (κ3) is 2.56. The van der Waals surface area contributed by atoms with E-state index >= 15 is 0 Å². The van der Waals surface area contributed by atoms with E-state index < -0.39 is 36.6 Å². The quantitative estimate of drug-likeness (QED) is 0.637. The molecule has 1 aliphatic rings. The number of halogens is 1. The van der Waals surface area contributed by atoms with Crippen molar-refractivity contribution in [2.24, 2.45) is 5.92 Å². The first-order valence-electron chi connectivity index (χ1n) is 7.39. The predicted octanol–water partition coefficient (Wildman–Crippen LogP) is 2.36. The van der Waals surface area contributed by atoms with Crippen molar-refractivity contribution in [3.05, 3.63) is 39.7 Å². The van der Waals surface area contributed by atoms with Crippen LogP contribution >= 0.6 is 0 Å². The average Bonchev–Trinajstić information content (AvgIpc) is 2.43. The molecule has 1 heterocycles. The highest BCUT2D eigenvalue weighted by Crippen LogP contribution is 2.39. The summed E-state index contributed by atoms with van der Waals surface area (Å²) in [5.74, 6) is -1.82. The van der Waals surface area contributed by atoms with Gasteiger partial charge in [0.05, 0.1) is 16.2 Å². The van der Waals surface area contributed by atoms with Crippen molar-refractivity contribution in [1.29, 1.82) is 5.41 Å². The Labute approximate surface area is 139 Å². The molecule has 2 rings (SSSR count). The number of nitrogens with one attached hydrogen (secondary N) is 2. The zero-order valence-electron chi connectivity index (χ0n) is 13.9. The number of amidine groups is 1. The number of hydrogen-bond donors (Lipinski definition) is 2. The molecule has 0 radical (unpaired) electrons. The number of rotatable bonds is 3. The van der Waals surface area contributed by atoms with Crippen LogP contribution in [-0.4, -0.2) is 29.7 Å². The van der Waals surface area contributed by atoms with Gasteiger partial charge in [-0.3, -0.25) is 15.5 Å².